The molecule has 0 saturated carbocycles. The van der Waals surface area contributed by atoms with Crippen LogP contribution in [0.3, 0.4) is 0 Å². The highest BCUT2D eigenvalue weighted by molar-refractivity contribution is 5.92. The van der Waals surface area contributed by atoms with Gasteiger partial charge in [-0.05, 0) is 24.5 Å². The highest BCUT2D eigenvalue weighted by Gasteiger charge is 2.32. The number of urea groups is 2. The Labute approximate surface area is 121 Å². The number of benzene rings is 1. The minimum Gasteiger partial charge on any atom is -0.351 e. The fourth-order valence-electron chi connectivity index (χ4n) is 2.97. The molecule has 1 saturated heterocycles. The molecular weight excluding hydrogens is 275 g/mol. The second-order valence-corrected chi connectivity index (χ2v) is 5.39. The number of primary amides is 1. The molecule has 112 valence electrons. The summed E-state index contributed by atoms with van der Waals surface area (Å²) in [6.45, 7) is 1.47. The monoisotopic (exact) mass is 292 g/mol. The molecule has 4 amide bonds. The van der Waals surface area contributed by atoms with Gasteiger partial charge in [0.2, 0.25) is 0 Å². The van der Waals surface area contributed by atoms with E-state index in [0.29, 0.717) is 32.5 Å². The number of nitrogens with two attached hydrogens (primary N) is 1. The van der Waals surface area contributed by atoms with Crippen molar-refractivity contribution >= 4 is 17.7 Å². The van der Waals surface area contributed by atoms with Gasteiger partial charge in [-0.3, -0.25) is 0 Å². The first-order valence-corrected chi connectivity index (χ1v) is 6.95. The van der Waals surface area contributed by atoms with Crippen molar-refractivity contribution in [3.8, 4) is 0 Å². The lowest BCUT2D eigenvalue weighted by Crippen LogP contribution is -2.52. The molecule has 0 unspecified atom stereocenters. The standard InChI is InChI=1S/C14H17FN4O2/c15-11-3-1-2-9-8-19(14(21)17-12(9)11)10-4-6-18(7-5-10)13(16)20/h1-3,10H,4-8H2,(H2,16,20)(H,17,21). The number of nitrogens with zero attached hydrogens (tertiary/aromatic N) is 2. The summed E-state index contributed by atoms with van der Waals surface area (Å²) >= 11 is 0. The first-order valence-electron chi connectivity index (χ1n) is 6.95. The third-order valence-electron chi connectivity index (χ3n) is 4.15. The van der Waals surface area contributed by atoms with Crippen LogP contribution in [0.15, 0.2) is 18.2 Å². The Morgan fingerprint density at radius 3 is 2.71 bits per heavy atom. The molecule has 3 N–H and O–H groups in total. The summed E-state index contributed by atoms with van der Waals surface area (Å²) in [4.78, 5) is 26.6. The number of rotatable bonds is 1. The first-order chi connectivity index (χ1) is 10.1. The van der Waals surface area contributed by atoms with E-state index in [1.807, 2.05) is 6.07 Å². The van der Waals surface area contributed by atoms with Crippen LogP contribution in [0.4, 0.5) is 19.7 Å². The van der Waals surface area contributed by atoms with Crippen molar-refractivity contribution in [2.75, 3.05) is 18.4 Å². The molecule has 7 heteroatoms. The number of hydrogen-bond donors (Lipinski definition) is 2. The second-order valence-electron chi connectivity index (χ2n) is 5.39. The Balaban J connectivity index is 1.73. The molecule has 0 aromatic heterocycles. The van der Waals surface area contributed by atoms with Crippen LogP contribution in [0.5, 0.6) is 0 Å². The number of para-hydroxylation sites is 1. The van der Waals surface area contributed by atoms with E-state index in [9.17, 15) is 14.0 Å². The molecule has 21 heavy (non-hydrogen) atoms. The number of likely N-dealkylation sites (tertiary alicyclic amines) is 1. The summed E-state index contributed by atoms with van der Waals surface area (Å²) in [5.74, 6) is -0.413. The molecule has 1 aromatic carbocycles. The van der Waals surface area contributed by atoms with Gasteiger partial charge in [-0.25, -0.2) is 14.0 Å². The smallest absolute Gasteiger partial charge is 0.322 e. The largest absolute Gasteiger partial charge is 0.351 e. The lowest BCUT2D eigenvalue weighted by atomic mass is 10.0. The van der Waals surface area contributed by atoms with Gasteiger partial charge in [0.1, 0.15) is 5.82 Å². The minimum absolute atomic E-state index is 0.0389. The zero-order chi connectivity index (χ0) is 15.0. The van der Waals surface area contributed by atoms with Crippen LogP contribution in [0, 0.1) is 5.82 Å². The maximum Gasteiger partial charge on any atom is 0.322 e. The Bertz CT molecular complexity index is 584. The van der Waals surface area contributed by atoms with Gasteiger partial charge in [0.05, 0.1) is 5.69 Å². The highest BCUT2D eigenvalue weighted by Crippen LogP contribution is 2.29. The quantitative estimate of drug-likeness (QED) is 0.826. The molecular formula is C14H17FN4O2. The lowest BCUT2D eigenvalue weighted by Gasteiger charge is -2.40. The van der Waals surface area contributed by atoms with Gasteiger partial charge in [0, 0.05) is 25.7 Å². The van der Waals surface area contributed by atoms with Gasteiger partial charge in [-0.2, -0.15) is 0 Å². The van der Waals surface area contributed by atoms with Gasteiger partial charge in [0.15, 0.2) is 0 Å². The summed E-state index contributed by atoms with van der Waals surface area (Å²) in [6, 6.07) is 4.11. The SMILES string of the molecule is NC(=O)N1CCC(N2Cc3cccc(F)c3NC2=O)CC1. The summed E-state index contributed by atoms with van der Waals surface area (Å²) in [5, 5.41) is 2.62. The molecule has 3 rings (SSSR count). The number of carbonyl (C=O) groups is 2. The minimum atomic E-state index is -0.427. The average Bonchev–Trinajstić information content (AvgIpc) is 2.48. The molecule has 6 nitrogen and oxygen atoms in total. The summed E-state index contributed by atoms with van der Waals surface area (Å²) < 4.78 is 13.7. The van der Waals surface area contributed by atoms with E-state index >= 15 is 0 Å². The number of amides is 4. The molecule has 0 radical (unpaired) electrons. The zero-order valence-corrected chi connectivity index (χ0v) is 11.5. The summed E-state index contributed by atoms with van der Waals surface area (Å²) in [6.07, 6.45) is 1.36. The molecule has 1 fully saturated rings. The Morgan fingerprint density at radius 1 is 1.33 bits per heavy atom. The van der Waals surface area contributed by atoms with Crippen molar-refractivity contribution in [1.29, 1.82) is 0 Å². The van der Waals surface area contributed by atoms with Gasteiger partial charge >= 0.3 is 12.1 Å². The number of halogens is 1. The topological polar surface area (TPSA) is 78.7 Å². The number of nitrogens with one attached hydrogen (secondary N) is 1. The van der Waals surface area contributed by atoms with Crippen molar-refractivity contribution < 1.29 is 14.0 Å². The van der Waals surface area contributed by atoms with Crippen LogP contribution in [0.25, 0.3) is 0 Å². The van der Waals surface area contributed by atoms with Crippen molar-refractivity contribution in [3.63, 3.8) is 0 Å². The summed E-state index contributed by atoms with van der Waals surface area (Å²) in [7, 11) is 0. The second kappa shape index (κ2) is 5.23. The Kier molecular flexibility index (Phi) is 3.40. The van der Waals surface area contributed by atoms with Crippen molar-refractivity contribution in [2.45, 2.75) is 25.4 Å². The van der Waals surface area contributed by atoms with Crippen LogP contribution in [-0.4, -0.2) is 41.0 Å². The van der Waals surface area contributed by atoms with E-state index < -0.39 is 11.8 Å². The van der Waals surface area contributed by atoms with Crippen molar-refractivity contribution in [3.05, 3.63) is 29.6 Å². The van der Waals surface area contributed by atoms with Gasteiger partial charge < -0.3 is 20.9 Å². The van der Waals surface area contributed by atoms with Crippen LogP contribution in [0.2, 0.25) is 0 Å². The van der Waals surface area contributed by atoms with Crippen LogP contribution >= 0.6 is 0 Å². The van der Waals surface area contributed by atoms with Crippen molar-refractivity contribution in [1.82, 2.24) is 9.80 Å². The Hall–Kier alpha value is -2.31. The predicted molar refractivity (Wildman–Crippen MR) is 75.1 cm³/mol. The van der Waals surface area contributed by atoms with E-state index in [0.717, 1.165) is 5.56 Å². The average molecular weight is 292 g/mol. The number of anilines is 1. The van der Waals surface area contributed by atoms with E-state index in [-0.39, 0.29) is 17.8 Å². The van der Waals surface area contributed by atoms with E-state index in [1.54, 1.807) is 15.9 Å². The fourth-order valence-corrected chi connectivity index (χ4v) is 2.97. The number of fused-ring (bicyclic) bond motifs is 1. The predicted octanol–water partition coefficient (Wildman–Crippen LogP) is 1.72. The molecule has 1 aromatic rings. The number of carbonyl (C=O) groups excluding carboxylic acids is 2. The highest BCUT2D eigenvalue weighted by atomic mass is 19.1. The van der Waals surface area contributed by atoms with E-state index in [1.165, 1.54) is 6.07 Å². The lowest BCUT2D eigenvalue weighted by molar-refractivity contribution is 0.131. The Morgan fingerprint density at radius 2 is 2.05 bits per heavy atom. The fraction of sp³-hybridized carbons (Fsp3) is 0.429. The van der Waals surface area contributed by atoms with E-state index in [4.69, 9.17) is 5.73 Å². The molecule has 0 spiro atoms. The first kappa shape index (κ1) is 13.7. The van der Waals surface area contributed by atoms with Gasteiger partial charge in [0.25, 0.3) is 0 Å². The van der Waals surface area contributed by atoms with Crippen LogP contribution < -0.4 is 11.1 Å². The number of piperidine rings is 1. The molecule has 2 aliphatic heterocycles. The van der Waals surface area contributed by atoms with Gasteiger partial charge in [-0.15, -0.1) is 0 Å². The summed E-state index contributed by atoms with van der Waals surface area (Å²) in [5.41, 5.74) is 6.29. The maximum atomic E-state index is 13.7. The zero-order valence-electron chi connectivity index (χ0n) is 11.5. The molecule has 0 bridgehead atoms. The van der Waals surface area contributed by atoms with Crippen molar-refractivity contribution in [2.24, 2.45) is 5.73 Å². The molecule has 2 heterocycles. The maximum absolute atomic E-state index is 13.7. The third-order valence-corrected chi connectivity index (χ3v) is 4.15. The molecule has 2 aliphatic rings. The van der Waals surface area contributed by atoms with Crippen LogP contribution in [0.1, 0.15) is 18.4 Å². The number of hydrogen-bond acceptors (Lipinski definition) is 2. The van der Waals surface area contributed by atoms with E-state index in [2.05, 4.69) is 5.32 Å². The van der Waals surface area contributed by atoms with Gasteiger partial charge in [-0.1, -0.05) is 12.1 Å². The molecule has 0 atom stereocenters. The third kappa shape index (κ3) is 2.51. The molecule has 0 aliphatic carbocycles. The van der Waals surface area contributed by atoms with Crippen LogP contribution in [-0.2, 0) is 6.54 Å². The normalized spacial score (nSPS) is 19.2.